The van der Waals surface area contributed by atoms with Crippen molar-refractivity contribution < 1.29 is 0 Å². The topological polar surface area (TPSA) is 41.1 Å². The van der Waals surface area contributed by atoms with Crippen LogP contribution in [0.1, 0.15) is 30.7 Å². The molecular weight excluding hydrogens is 348 g/mol. The first-order valence-corrected chi connectivity index (χ1v) is 8.84. The van der Waals surface area contributed by atoms with Crippen LogP contribution in [0, 0.1) is 0 Å². The number of thiophene rings is 1. The molecule has 2 rings (SSSR count). The minimum absolute atomic E-state index is 0.855. The molecule has 0 radical (unpaired) electrons. The fourth-order valence-corrected chi connectivity index (χ4v) is 3.70. The van der Waals surface area contributed by atoms with Crippen molar-refractivity contribution in [1.29, 1.82) is 0 Å². The standard InChI is InChI=1S/C15H21BrN4S/c1-4-6-17-14-13(5-2)15(19-10-18-14)20(3)8-12-7-11(16)9-21-12/h7,9-10H,4-6,8H2,1-3H3,(H,17,18,19). The number of halogens is 1. The highest BCUT2D eigenvalue weighted by Crippen LogP contribution is 2.26. The van der Waals surface area contributed by atoms with Gasteiger partial charge in [0.25, 0.3) is 0 Å². The fraction of sp³-hybridized carbons (Fsp3) is 0.467. The van der Waals surface area contributed by atoms with Gasteiger partial charge < -0.3 is 10.2 Å². The van der Waals surface area contributed by atoms with E-state index >= 15 is 0 Å². The summed E-state index contributed by atoms with van der Waals surface area (Å²) in [7, 11) is 2.08. The molecule has 0 saturated heterocycles. The maximum atomic E-state index is 4.49. The van der Waals surface area contributed by atoms with Crippen molar-refractivity contribution in [2.45, 2.75) is 33.2 Å². The molecule has 114 valence electrons. The van der Waals surface area contributed by atoms with Crippen LogP contribution in [-0.4, -0.2) is 23.6 Å². The molecule has 2 aromatic rings. The van der Waals surface area contributed by atoms with E-state index in [2.05, 4.69) is 68.5 Å². The normalized spacial score (nSPS) is 10.7. The van der Waals surface area contributed by atoms with Crippen LogP contribution >= 0.6 is 27.3 Å². The van der Waals surface area contributed by atoms with Gasteiger partial charge in [-0.1, -0.05) is 13.8 Å². The molecule has 0 atom stereocenters. The van der Waals surface area contributed by atoms with Gasteiger partial charge in [-0.2, -0.15) is 0 Å². The molecule has 0 saturated carbocycles. The first-order valence-electron chi connectivity index (χ1n) is 7.17. The highest BCUT2D eigenvalue weighted by atomic mass is 79.9. The number of nitrogens with one attached hydrogen (secondary N) is 1. The molecule has 4 nitrogen and oxygen atoms in total. The lowest BCUT2D eigenvalue weighted by Gasteiger charge is -2.21. The fourth-order valence-electron chi connectivity index (χ4n) is 2.20. The zero-order chi connectivity index (χ0) is 15.2. The summed E-state index contributed by atoms with van der Waals surface area (Å²) in [5.41, 5.74) is 1.18. The van der Waals surface area contributed by atoms with Crippen molar-refractivity contribution >= 4 is 38.9 Å². The van der Waals surface area contributed by atoms with Crippen LogP contribution < -0.4 is 10.2 Å². The van der Waals surface area contributed by atoms with E-state index < -0.39 is 0 Å². The van der Waals surface area contributed by atoms with Crippen LogP contribution in [-0.2, 0) is 13.0 Å². The third-order valence-corrected chi connectivity index (χ3v) is 4.88. The van der Waals surface area contributed by atoms with Crippen molar-refractivity contribution in [3.63, 3.8) is 0 Å². The van der Waals surface area contributed by atoms with Crippen LogP contribution in [0.15, 0.2) is 22.2 Å². The van der Waals surface area contributed by atoms with Crippen LogP contribution in [0.3, 0.4) is 0 Å². The molecule has 0 aromatic carbocycles. The molecule has 2 aromatic heterocycles. The lowest BCUT2D eigenvalue weighted by Crippen LogP contribution is -2.20. The summed E-state index contributed by atoms with van der Waals surface area (Å²) < 4.78 is 1.14. The van der Waals surface area contributed by atoms with Gasteiger partial charge in [0.05, 0.1) is 6.54 Å². The number of rotatable bonds is 7. The van der Waals surface area contributed by atoms with Gasteiger partial charge >= 0.3 is 0 Å². The van der Waals surface area contributed by atoms with Crippen LogP contribution in [0.4, 0.5) is 11.6 Å². The molecule has 0 spiro atoms. The predicted octanol–water partition coefficient (Wildman–Crippen LogP) is 4.32. The number of anilines is 2. The van der Waals surface area contributed by atoms with E-state index in [9.17, 15) is 0 Å². The molecule has 0 aliphatic rings. The largest absolute Gasteiger partial charge is 0.370 e. The first kappa shape index (κ1) is 16.2. The average molecular weight is 369 g/mol. The van der Waals surface area contributed by atoms with Gasteiger partial charge in [-0.3, -0.25) is 0 Å². The molecule has 1 N–H and O–H groups in total. The maximum absolute atomic E-state index is 4.49. The summed E-state index contributed by atoms with van der Waals surface area (Å²) >= 11 is 5.26. The van der Waals surface area contributed by atoms with Crippen molar-refractivity contribution in [1.82, 2.24) is 9.97 Å². The predicted molar refractivity (Wildman–Crippen MR) is 94.3 cm³/mol. The molecule has 0 amide bonds. The number of hydrogen-bond acceptors (Lipinski definition) is 5. The quantitative estimate of drug-likeness (QED) is 0.789. The monoisotopic (exact) mass is 368 g/mol. The number of hydrogen-bond donors (Lipinski definition) is 1. The Morgan fingerprint density at radius 1 is 1.33 bits per heavy atom. The second-order valence-electron chi connectivity index (χ2n) is 4.89. The van der Waals surface area contributed by atoms with Crippen molar-refractivity contribution in [2.75, 3.05) is 23.8 Å². The van der Waals surface area contributed by atoms with Crippen molar-refractivity contribution in [3.8, 4) is 0 Å². The zero-order valence-corrected chi connectivity index (χ0v) is 15.1. The Morgan fingerprint density at radius 2 is 2.14 bits per heavy atom. The highest BCUT2D eigenvalue weighted by molar-refractivity contribution is 9.10. The van der Waals surface area contributed by atoms with Crippen LogP contribution in [0.2, 0.25) is 0 Å². The van der Waals surface area contributed by atoms with E-state index in [1.54, 1.807) is 17.7 Å². The third kappa shape index (κ3) is 4.17. The molecule has 0 aliphatic carbocycles. The zero-order valence-electron chi connectivity index (χ0n) is 12.7. The summed E-state index contributed by atoms with van der Waals surface area (Å²) in [5.74, 6) is 1.97. The van der Waals surface area contributed by atoms with Gasteiger partial charge in [-0.25, -0.2) is 9.97 Å². The van der Waals surface area contributed by atoms with Gasteiger partial charge in [0.15, 0.2) is 0 Å². The second kappa shape index (κ2) is 7.75. The molecule has 2 heterocycles. The van der Waals surface area contributed by atoms with Crippen LogP contribution in [0.5, 0.6) is 0 Å². The lowest BCUT2D eigenvalue weighted by atomic mass is 10.2. The summed E-state index contributed by atoms with van der Waals surface area (Å²) in [6, 6.07) is 2.16. The number of nitrogens with zero attached hydrogens (tertiary/aromatic N) is 3. The van der Waals surface area contributed by atoms with Gasteiger partial charge in [-0.15, -0.1) is 11.3 Å². The average Bonchev–Trinajstić information content (AvgIpc) is 2.89. The Morgan fingerprint density at radius 3 is 2.76 bits per heavy atom. The molecule has 0 aliphatic heterocycles. The van der Waals surface area contributed by atoms with E-state index in [-0.39, 0.29) is 0 Å². The Balaban J connectivity index is 2.21. The van der Waals surface area contributed by atoms with Gasteiger partial charge in [0, 0.05) is 33.9 Å². The Labute approximate surface area is 138 Å². The lowest BCUT2D eigenvalue weighted by molar-refractivity contribution is 0.875. The van der Waals surface area contributed by atoms with Gasteiger partial charge in [0.1, 0.15) is 18.0 Å². The highest BCUT2D eigenvalue weighted by Gasteiger charge is 2.14. The minimum Gasteiger partial charge on any atom is -0.370 e. The number of aromatic nitrogens is 2. The Bertz CT molecular complexity index is 585. The molecular formula is C15H21BrN4S. The Hall–Kier alpha value is -1.14. The van der Waals surface area contributed by atoms with E-state index in [1.165, 1.54) is 10.4 Å². The van der Waals surface area contributed by atoms with Gasteiger partial charge in [0.2, 0.25) is 0 Å². The molecule has 21 heavy (non-hydrogen) atoms. The molecule has 0 unspecified atom stereocenters. The smallest absolute Gasteiger partial charge is 0.137 e. The summed E-state index contributed by atoms with van der Waals surface area (Å²) in [4.78, 5) is 12.4. The molecule has 6 heteroatoms. The maximum Gasteiger partial charge on any atom is 0.137 e. The van der Waals surface area contributed by atoms with Crippen LogP contribution in [0.25, 0.3) is 0 Å². The summed E-state index contributed by atoms with van der Waals surface area (Å²) in [6.45, 7) is 6.09. The Kier molecular flexibility index (Phi) is 5.99. The van der Waals surface area contributed by atoms with Gasteiger partial charge in [-0.05, 0) is 34.8 Å². The minimum atomic E-state index is 0.855. The first-order chi connectivity index (χ1) is 10.2. The summed E-state index contributed by atoms with van der Waals surface area (Å²) in [5, 5.41) is 5.50. The van der Waals surface area contributed by atoms with Crippen molar-refractivity contribution in [3.05, 3.63) is 32.7 Å². The third-order valence-electron chi connectivity index (χ3n) is 3.19. The van der Waals surface area contributed by atoms with E-state index in [0.717, 1.165) is 42.0 Å². The van der Waals surface area contributed by atoms with E-state index in [0.29, 0.717) is 0 Å². The van der Waals surface area contributed by atoms with E-state index in [1.807, 2.05) is 0 Å². The van der Waals surface area contributed by atoms with Crippen molar-refractivity contribution in [2.24, 2.45) is 0 Å². The second-order valence-corrected chi connectivity index (χ2v) is 6.80. The SMILES string of the molecule is CCCNc1ncnc(N(C)Cc2cc(Br)cs2)c1CC. The van der Waals surface area contributed by atoms with E-state index in [4.69, 9.17) is 0 Å². The summed E-state index contributed by atoms with van der Waals surface area (Å²) in [6.07, 6.45) is 3.65. The molecule has 0 bridgehead atoms. The molecule has 0 fully saturated rings.